The fourth-order valence-electron chi connectivity index (χ4n) is 2.27. The maximum atomic E-state index is 12.9. The van der Waals surface area contributed by atoms with Crippen LogP contribution in [0, 0.1) is 0 Å². The Bertz CT molecular complexity index is 521. The predicted molar refractivity (Wildman–Crippen MR) is 57.3 cm³/mol. The molecule has 1 aliphatic heterocycles. The van der Waals surface area contributed by atoms with Crippen LogP contribution in [0.2, 0.25) is 0 Å². The number of amides is 1. The van der Waals surface area contributed by atoms with Crippen LogP contribution in [0.1, 0.15) is 24.8 Å². The maximum Gasteiger partial charge on any atom is 0.420 e. The van der Waals surface area contributed by atoms with E-state index in [0.29, 0.717) is 12.8 Å². The second-order valence-electron chi connectivity index (χ2n) is 4.58. The van der Waals surface area contributed by atoms with E-state index >= 15 is 0 Å². The molecule has 0 aromatic heterocycles. The van der Waals surface area contributed by atoms with Gasteiger partial charge in [0, 0.05) is 0 Å². The Labute approximate surface area is 101 Å². The molecule has 96 valence electrons. The molecule has 3 nitrogen and oxygen atoms in total. The minimum Gasteiger partial charge on any atom is -0.475 e. The fraction of sp³-hybridized carbons (Fsp3) is 0.417. The van der Waals surface area contributed by atoms with Crippen LogP contribution in [-0.4, -0.2) is 11.5 Å². The molecule has 1 spiro atoms. The molecule has 1 amide bonds. The number of fused-ring (bicyclic) bond motifs is 1. The summed E-state index contributed by atoms with van der Waals surface area (Å²) >= 11 is 0. The second kappa shape index (κ2) is 3.40. The van der Waals surface area contributed by atoms with Crippen molar-refractivity contribution in [3.8, 4) is 5.75 Å². The molecule has 1 aromatic rings. The molecule has 18 heavy (non-hydrogen) atoms. The van der Waals surface area contributed by atoms with Gasteiger partial charge in [0.25, 0.3) is 5.91 Å². The fourth-order valence-corrected chi connectivity index (χ4v) is 2.27. The third-order valence-corrected chi connectivity index (χ3v) is 3.44. The van der Waals surface area contributed by atoms with Gasteiger partial charge in [-0.25, -0.2) is 0 Å². The molecule has 1 saturated carbocycles. The molecule has 1 fully saturated rings. The van der Waals surface area contributed by atoms with E-state index in [9.17, 15) is 18.0 Å². The first-order valence-electron chi connectivity index (χ1n) is 5.63. The van der Waals surface area contributed by atoms with Gasteiger partial charge in [0.15, 0.2) is 11.4 Å². The summed E-state index contributed by atoms with van der Waals surface area (Å²) in [7, 11) is 0. The average Bonchev–Trinajstić information content (AvgIpc) is 2.23. The molecule has 0 atom stereocenters. The number of hydrogen-bond acceptors (Lipinski definition) is 2. The van der Waals surface area contributed by atoms with Gasteiger partial charge >= 0.3 is 6.18 Å². The summed E-state index contributed by atoms with van der Waals surface area (Å²) < 4.78 is 44.0. The van der Waals surface area contributed by atoms with E-state index in [1.165, 1.54) is 12.1 Å². The molecule has 2 aliphatic rings. The van der Waals surface area contributed by atoms with Crippen molar-refractivity contribution in [1.82, 2.24) is 0 Å². The van der Waals surface area contributed by atoms with Crippen LogP contribution in [0.3, 0.4) is 0 Å². The summed E-state index contributed by atoms with van der Waals surface area (Å²) in [6, 6.07) is 3.63. The zero-order valence-corrected chi connectivity index (χ0v) is 9.30. The number of benzene rings is 1. The highest BCUT2D eigenvalue weighted by Crippen LogP contribution is 2.48. The van der Waals surface area contributed by atoms with Crippen molar-refractivity contribution >= 4 is 11.6 Å². The normalized spacial score (nSPS) is 20.7. The van der Waals surface area contributed by atoms with Crippen molar-refractivity contribution in [3.63, 3.8) is 0 Å². The lowest BCUT2D eigenvalue weighted by atomic mass is 9.78. The van der Waals surface area contributed by atoms with Crippen LogP contribution in [-0.2, 0) is 11.0 Å². The van der Waals surface area contributed by atoms with E-state index in [-0.39, 0.29) is 17.3 Å². The largest absolute Gasteiger partial charge is 0.475 e. The molecule has 1 aromatic carbocycles. The first kappa shape index (κ1) is 11.4. The lowest BCUT2D eigenvalue weighted by Gasteiger charge is -2.43. The standard InChI is InChI=1S/C12H10F3NO2/c13-12(14,15)7-3-1-4-8-9(7)18-11(5-2-6-11)10(17)16-8/h1,3-4H,2,5-6H2,(H,16,17). The Morgan fingerprint density at radius 2 is 2.00 bits per heavy atom. The van der Waals surface area contributed by atoms with Crippen molar-refractivity contribution < 1.29 is 22.7 Å². The third kappa shape index (κ3) is 1.48. The molecule has 0 radical (unpaired) electrons. The van der Waals surface area contributed by atoms with E-state index in [1.807, 2.05) is 0 Å². The topological polar surface area (TPSA) is 38.3 Å². The number of carbonyl (C=O) groups excluding carboxylic acids is 1. The minimum atomic E-state index is -4.49. The summed E-state index contributed by atoms with van der Waals surface area (Å²) in [5.74, 6) is -0.607. The summed E-state index contributed by atoms with van der Waals surface area (Å²) in [6.45, 7) is 0. The molecular weight excluding hydrogens is 247 g/mol. The highest BCUT2D eigenvalue weighted by atomic mass is 19.4. The van der Waals surface area contributed by atoms with Crippen LogP contribution in [0.4, 0.5) is 18.9 Å². The number of hydrogen-bond donors (Lipinski definition) is 1. The first-order chi connectivity index (χ1) is 8.42. The maximum absolute atomic E-state index is 12.9. The van der Waals surface area contributed by atoms with Gasteiger partial charge in [-0.1, -0.05) is 6.07 Å². The molecule has 0 bridgehead atoms. The van der Waals surface area contributed by atoms with Crippen molar-refractivity contribution in [2.45, 2.75) is 31.0 Å². The third-order valence-electron chi connectivity index (χ3n) is 3.44. The Morgan fingerprint density at radius 1 is 1.28 bits per heavy atom. The molecule has 6 heteroatoms. The van der Waals surface area contributed by atoms with Crippen molar-refractivity contribution in [3.05, 3.63) is 23.8 Å². The Morgan fingerprint density at radius 3 is 2.56 bits per heavy atom. The van der Waals surface area contributed by atoms with E-state index in [2.05, 4.69) is 5.32 Å². The highest BCUT2D eigenvalue weighted by molar-refractivity contribution is 6.01. The predicted octanol–water partition coefficient (Wildman–Crippen LogP) is 2.96. The number of para-hydroxylation sites is 1. The monoisotopic (exact) mass is 257 g/mol. The van der Waals surface area contributed by atoms with Gasteiger partial charge in [-0.2, -0.15) is 13.2 Å². The zero-order chi connectivity index (χ0) is 13.0. The SMILES string of the molecule is O=C1Nc2cccc(C(F)(F)F)c2OC12CCC2. The second-order valence-corrected chi connectivity index (χ2v) is 4.58. The number of alkyl halides is 3. The first-order valence-corrected chi connectivity index (χ1v) is 5.63. The van der Waals surface area contributed by atoms with Gasteiger partial charge in [0.1, 0.15) is 0 Å². The lowest BCUT2D eigenvalue weighted by Crippen LogP contribution is -2.55. The van der Waals surface area contributed by atoms with Crippen molar-refractivity contribution in [2.24, 2.45) is 0 Å². The number of halogens is 3. The number of carbonyl (C=O) groups is 1. The zero-order valence-electron chi connectivity index (χ0n) is 9.30. The summed E-state index contributed by atoms with van der Waals surface area (Å²) in [5.41, 5.74) is -1.84. The molecular formula is C12H10F3NO2. The van der Waals surface area contributed by atoms with Gasteiger partial charge in [-0.05, 0) is 31.4 Å². The highest BCUT2D eigenvalue weighted by Gasteiger charge is 2.51. The summed E-state index contributed by atoms with van der Waals surface area (Å²) in [4.78, 5) is 11.8. The van der Waals surface area contributed by atoms with E-state index in [1.54, 1.807) is 0 Å². The van der Waals surface area contributed by atoms with Crippen molar-refractivity contribution in [1.29, 1.82) is 0 Å². The lowest BCUT2D eigenvalue weighted by molar-refractivity contribution is -0.148. The van der Waals surface area contributed by atoms with E-state index < -0.39 is 17.3 Å². The van der Waals surface area contributed by atoms with Gasteiger partial charge in [0.2, 0.25) is 0 Å². The Balaban J connectivity index is 2.09. The molecule has 0 unspecified atom stereocenters. The summed E-state index contributed by atoms with van der Waals surface area (Å²) in [6.07, 6.45) is -2.77. The van der Waals surface area contributed by atoms with Gasteiger partial charge in [-0.3, -0.25) is 4.79 Å². The molecule has 1 N–H and O–H groups in total. The minimum absolute atomic E-state index is 0.0901. The smallest absolute Gasteiger partial charge is 0.420 e. The molecule has 1 aliphatic carbocycles. The van der Waals surface area contributed by atoms with Gasteiger partial charge in [-0.15, -0.1) is 0 Å². The number of nitrogens with one attached hydrogen (secondary N) is 1. The van der Waals surface area contributed by atoms with Gasteiger partial charge < -0.3 is 10.1 Å². The number of anilines is 1. The Hall–Kier alpha value is -1.72. The van der Waals surface area contributed by atoms with Crippen LogP contribution in [0.25, 0.3) is 0 Å². The quantitative estimate of drug-likeness (QED) is 0.776. The van der Waals surface area contributed by atoms with Crippen LogP contribution in [0.15, 0.2) is 18.2 Å². The number of ether oxygens (including phenoxy) is 1. The van der Waals surface area contributed by atoms with E-state index in [4.69, 9.17) is 4.74 Å². The van der Waals surface area contributed by atoms with Gasteiger partial charge in [0.05, 0.1) is 11.3 Å². The van der Waals surface area contributed by atoms with E-state index in [0.717, 1.165) is 12.5 Å². The summed E-state index contributed by atoms with van der Waals surface area (Å²) in [5, 5.41) is 2.50. The van der Waals surface area contributed by atoms with Crippen LogP contribution in [0.5, 0.6) is 5.75 Å². The molecule has 0 saturated heterocycles. The Kier molecular flexibility index (Phi) is 2.15. The van der Waals surface area contributed by atoms with Crippen LogP contribution >= 0.6 is 0 Å². The molecule has 3 rings (SSSR count). The van der Waals surface area contributed by atoms with Crippen LogP contribution < -0.4 is 10.1 Å². The average molecular weight is 257 g/mol. The van der Waals surface area contributed by atoms with Crippen molar-refractivity contribution in [2.75, 3.05) is 5.32 Å². The number of rotatable bonds is 0. The molecule has 1 heterocycles.